The van der Waals surface area contributed by atoms with Crippen LogP contribution in [0.25, 0.3) is 10.9 Å². The number of benzene rings is 1. The number of carbonyl (C=O) groups excluding carboxylic acids is 1. The molecule has 0 aliphatic carbocycles. The van der Waals surface area contributed by atoms with E-state index in [2.05, 4.69) is 15.0 Å². The zero-order chi connectivity index (χ0) is 10.4. The molecule has 3 rings (SSSR count). The molecule has 0 bridgehead atoms. The Kier molecular flexibility index (Phi) is 1.48. The van der Waals surface area contributed by atoms with Crippen LogP contribution in [0.3, 0.4) is 0 Å². The highest BCUT2D eigenvalue weighted by molar-refractivity contribution is 5.84. The van der Waals surface area contributed by atoms with Crippen molar-refractivity contribution in [2.75, 3.05) is 0 Å². The highest BCUT2D eigenvalue weighted by atomic mass is 16.2. The number of fused-ring (bicyclic) bond motifs is 3. The fourth-order valence-electron chi connectivity index (χ4n) is 1.77. The minimum absolute atomic E-state index is 0.439. The van der Waals surface area contributed by atoms with Gasteiger partial charge in [0.2, 0.25) is 0 Å². The molecule has 0 unspecified atom stereocenters. The Morgan fingerprint density at radius 3 is 2.67 bits per heavy atom. The first-order valence-corrected chi connectivity index (χ1v) is 4.62. The van der Waals surface area contributed by atoms with E-state index in [0.717, 1.165) is 16.6 Å². The zero-order valence-corrected chi connectivity index (χ0v) is 8.06. The van der Waals surface area contributed by atoms with Crippen LogP contribution in [0.2, 0.25) is 0 Å². The number of aromatic nitrogens is 1. The second-order valence-electron chi connectivity index (χ2n) is 3.42. The summed E-state index contributed by atoms with van der Waals surface area (Å²) in [5, 5.41) is 2.15. The molecule has 0 radical (unpaired) electrons. The van der Waals surface area contributed by atoms with Crippen LogP contribution in [0.5, 0.6) is 0 Å². The summed E-state index contributed by atoms with van der Waals surface area (Å²) in [6, 6.07) is 7.18. The van der Waals surface area contributed by atoms with Crippen molar-refractivity contribution in [1.82, 2.24) is 4.98 Å². The van der Waals surface area contributed by atoms with Gasteiger partial charge in [0.25, 0.3) is 0 Å². The van der Waals surface area contributed by atoms with Gasteiger partial charge in [0.15, 0.2) is 0 Å². The number of rotatable bonds is 0. The quantitative estimate of drug-likeness (QED) is 0.630. The smallest absolute Gasteiger partial charge is 0.251 e. The summed E-state index contributed by atoms with van der Waals surface area (Å²) in [5.41, 5.74) is 1.60. The highest BCUT2D eigenvalue weighted by Gasteiger charge is 2.11. The second-order valence-corrected chi connectivity index (χ2v) is 3.42. The maximum absolute atomic E-state index is 11.1. The van der Waals surface area contributed by atoms with E-state index < -0.39 is 6.03 Å². The molecule has 4 nitrogen and oxygen atoms in total. The van der Waals surface area contributed by atoms with Crippen molar-refractivity contribution in [1.29, 1.82) is 0 Å². The van der Waals surface area contributed by atoms with E-state index in [1.165, 1.54) is 0 Å². The van der Waals surface area contributed by atoms with E-state index in [0.29, 0.717) is 10.7 Å². The molecule has 0 atom stereocenters. The lowest BCUT2D eigenvalue weighted by Crippen LogP contribution is -2.27. The number of aryl methyl sites for hydroxylation is 1. The maximum Gasteiger partial charge on any atom is 0.368 e. The van der Waals surface area contributed by atoms with E-state index in [-0.39, 0.29) is 0 Å². The number of amides is 2. The van der Waals surface area contributed by atoms with Crippen molar-refractivity contribution in [3.05, 3.63) is 40.7 Å². The number of hydrogen-bond donors (Lipinski definition) is 0. The number of pyridine rings is 1. The first kappa shape index (κ1) is 8.23. The minimum Gasteiger partial charge on any atom is -0.251 e. The van der Waals surface area contributed by atoms with Gasteiger partial charge in [-0.15, -0.1) is 0 Å². The number of carbonyl (C=O) groups is 1. The average Bonchev–Trinajstić information content (AvgIpc) is 2.61. The maximum atomic E-state index is 11.1. The van der Waals surface area contributed by atoms with Crippen LogP contribution in [0.15, 0.2) is 34.3 Å². The highest BCUT2D eigenvalue weighted by Crippen LogP contribution is 2.06. The Balaban J connectivity index is 2.67. The van der Waals surface area contributed by atoms with Gasteiger partial charge in [0, 0.05) is 5.39 Å². The molecule has 1 aromatic heterocycles. The van der Waals surface area contributed by atoms with Crippen molar-refractivity contribution in [3.63, 3.8) is 0 Å². The fraction of sp³-hybridized carbons (Fsp3) is 0.0909. The fourth-order valence-corrected chi connectivity index (χ4v) is 1.77. The van der Waals surface area contributed by atoms with Gasteiger partial charge < -0.3 is 0 Å². The summed E-state index contributed by atoms with van der Waals surface area (Å²) in [5.74, 6) is 0. The summed E-state index contributed by atoms with van der Waals surface area (Å²) < 4.78 is 0. The predicted molar refractivity (Wildman–Crippen MR) is 54.2 cm³/mol. The third kappa shape index (κ3) is 1.08. The van der Waals surface area contributed by atoms with Crippen molar-refractivity contribution < 1.29 is 4.79 Å². The molecule has 0 saturated heterocycles. The molecule has 0 N–H and O–H groups in total. The molecule has 4 heteroatoms. The molecule has 0 spiro atoms. The summed E-state index contributed by atoms with van der Waals surface area (Å²) in [4.78, 5) is 23.2. The lowest BCUT2D eigenvalue weighted by Gasteiger charge is -1.97. The molecule has 0 saturated carbocycles. The second kappa shape index (κ2) is 2.70. The third-order valence-corrected chi connectivity index (χ3v) is 2.43. The van der Waals surface area contributed by atoms with Crippen LogP contribution < -0.4 is 10.7 Å². The molecular weight excluding hydrogens is 190 g/mol. The molecule has 1 aliphatic heterocycles. The first-order chi connectivity index (χ1) is 7.25. The lowest BCUT2D eigenvalue weighted by atomic mass is 10.2. The first-order valence-electron chi connectivity index (χ1n) is 4.62. The molecule has 1 aromatic carbocycles. The van der Waals surface area contributed by atoms with Crippen LogP contribution in [-0.2, 0) is 0 Å². The molecule has 1 aliphatic rings. The van der Waals surface area contributed by atoms with Crippen LogP contribution in [-0.4, -0.2) is 11.0 Å². The topological polar surface area (TPSA) is 54.7 Å². The van der Waals surface area contributed by atoms with Crippen molar-refractivity contribution >= 4 is 16.9 Å². The minimum atomic E-state index is -0.439. The van der Waals surface area contributed by atoms with E-state index >= 15 is 0 Å². The Morgan fingerprint density at radius 1 is 1.07 bits per heavy atom. The molecule has 72 valence electrons. The van der Waals surface area contributed by atoms with Gasteiger partial charge in [-0.3, -0.25) is 4.98 Å². The van der Waals surface area contributed by atoms with Crippen LogP contribution in [0.1, 0.15) is 5.69 Å². The third-order valence-electron chi connectivity index (χ3n) is 2.43. The van der Waals surface area contributed by atoms with Gasteiger partial charge in [-0.1, -0.05) is 18.2 Å². The molecule has 2 amide bonds. The van der Waals surface area contributed by atoms with Gasteiger partial charge >= 0.3 is 6.03 Å². The van der Waals surface area contributed by atoms with E-state index in [4.69, 9.17) is 0 Å². The summed E-state index contributed by atoms with van der Waals surface area (Å²) in [6.07, 6.45) is 0. The van der Waals surface area contributed by atoms with Gasteiger partial charge in [0.1, 0.15) is 10.7 Å². The Bertz CT molecular complexity index is 704. The van der Waals surface area contributed by atoms with E-state index in [1.54, 1.807) is 0 Å². The standard InChI is InChI=1S/C11H7N3O/c1-6-9-10(14-11(15)13-9)7-4-2-3-5-8(7)12-6/h2-5H,1H3. The molecular formula is C11H7N3O. The van der Waals surface area contributed by atoms with Crippen LogP contribution >= 0.6 is 0 Å². The SMILES string of the molecule is Cc1nc2ccccc2c2c1=NC(=O)N=2. The summed E-state index contributed by atoms with van der Waals surface area (Å²) >= 11 is 0. The van der Waals surface area contributed by atoms with Crippen LogP contribution in [0.4, 0.5) is 4.79 Å². The number of hydrogen-bond acceptors (Lipinski definition) is 2. The summed E-state index contributed by atoms with van der Waals surface area (Å²) in [6.45, 7) is 1.84. The predicted octanol–water partition coefficient (Wildman–Crippen LogP) is 0.916. The zero-order valence-electron chi connectivity index (χ0n) is 8.06. The molecule has 15 heavy (non-hydrogen) atoms. The van der Waals surface area contributed by atoms with E-state index in [1.807, 2.05) is 31.2 Å². The molecule has 2 heterocycles. The Morgan fingerprint density at radius 2 is 1.80 bits per heavy atom. The molecule has 0 fully saturated rings. The lowest BCUT2D eigenvalue weighted by molar-refractivity contribution is 0.256. The number of nitrogens with zero attached hydrogens (tertiary/aromatic N) is 3. The largest absolute Gasteiger partial charge is 0.368 e. The van der Waals surface area contributed by atoms with Crippen molar-refractivity contribution in [3.8, 4) is 0 Å². The van der Waals surface area contributed by atoms with Gasteiger partial charge in [-0.05, 0) is 13.0 Å². The van der Waals surface area contributed by atoms with Gasteiger partial charge in [0.05, 0.1) is 11.2 Å². The molecule has 2 aromatic rings. The van der Waals surface area contributed by atoms with Crippen LogP contribution in [0, 0.1) is 6.92 Å². The number of urea groups is 1. The summed E-state index contributed by atoms with van der Waals surface area (Å²) in [7, 11) is 0. The van der Waals surface area contributed by atoms with E-state index in [9.17, 15) is 4.79 Å². The number of para-hydroxylation sites is 1. The van der Waals surface area contributed by atoms with Gasteiger partial charge in [-0.25, -0.2) is 4.79 Å². The average molecular weight is 197 g/mol. The Hall–Kier alpha value is -2.10. The monoisotopic (exact) mass is 197 g/mol. The normalized spacial score (nSPS) is 13.5. The van der Waals surface area contributed by atoms with Gasteiger partial charge in [-0.2, -0.15) is 9.98 Å². The van der Waals surface area contributed by atoms with Crippen molar-refractivity contribution in [2.24, 2.45) is 9.98 Å². The Labute approximate surface area is 85.0 Å². The van der Waals surface area contributed by atoms with Crippen molar-refractivity contribution in [2.45, 2.75) is 6.92 Å².